The summed E-state index contributed by atoms with van der Waals surface area (Å²) in [5.74, 6) is 0. The topological polar surface area (TPSA) is 0 Å². The van der Waals surface area contributed by atoms with E-state index >= 15 is 0 Å². The average molecular weight is 158 g/mol. The fraction of sp³-hybridized carbons (Fsp3) is 0.818. The van der Waals surface area contributed by atoms with Gasteiger partial charge in [0.05, 0.1) is 0 Å². The monoisotopic (exact) mass is 158 g/mol. The van der Waals surface area contributed by atoms with Gasteiger partial charge < -0.3 is 0 Å². The minimum absolute atomic E-state index is 0. The van der Waals surface area contributed by atoms with Gasteiger partial charge >= 0.3 is 0 Å². The van der Waals surface area contributed by atoms with Crippen LogP contribution in [0.1, 0.15) is 59.8 Å². The lowest BCUT2D eigenvalue weighted by Crippen LogP contribution is -1.85. The fourth-order valence-corrected chi connectivity index (χ4v) is 1.06. The van der Waals surface area contributed by atoms with E-state index in [1.165, 1.54) is 38.5 Å². The van der Waals surface area contributed by atoms with E-state index in [1.807, 2.05) is 13.8 Å². The highest BCUT2D eigenvalue weighted by Crippen LogP contribution is 2.15. The second-order valence-corrected chi connectivity index (χ2v) is 2.12. The van der Waals surface area contributed by atoms with Crippen molar-refractivity contribution in [2.45, 2.75) is 59.8 Å². The first-order valence-corrected chi connectivity index (χ1v) is 4.50. The Morgan fingerprint density at radius 2 is 0.727 bits per heavy atom. The molecule has 0 heterocycles. The molecule has 1 fully saturated rings. The quantitative estimate of drug-likeness (QED) is 0.444. The molecule has 0 N–H and O–H groups in total. The van der Waals surface area contributed by atoms with E-state index < -0.39 is 0 Å². The van der Waals surface area contributed by atoms with Gasteiger partial charge in [0, 0.05) is 0 Å². The van der Waals surface area contributed by atoms with E-state index in [0.717, 1.165) is 0 Å². The molecule has 0 aromatic heterocycles. The maximum atomic E-state index is 3.00. The highest BCUT2D eigenvalue weighted by Gasteiger charge is 1.95. The van der Waals surface area contributed by atoms with Gasteiger partial charge in [-0.25, -0.2) is 0 Å². The van der Waals surface area contributed by atoms with Gasteiger partial charge in [0.2, 0.25) is 0 Å². The Kier molecular flexibility index (Phi) is 34.9. The van der Waals surface area contributed by atoms with Crippen molar-refractivity contribution < 1.29 is 0 Å². The Balaban J connectivity index is -0.000000114. The zero-order valence-electron chi connectivity index (χ0n) is 7.66. The molecule has 0 heteroatoms. The second kappa shape index (κ2) is 22.6. The van der Waals surface area contributed by atoms with Crippen LogP contribution in [0, 0.1) is 0 Å². The van der Waals surface area contributed by atoms with Crippen LogP contribution in [0.2, 0.25) is 0 Å². The summed E-state index contributed by atoms with van der Waals surface area (Å²) in [6, 6.07) is 0. The number of rotatable bonds is 0. The largest absolute Gasteiger partial charge is 0.106 e. The SMILES string of the molecule is C.C1CCCCC1.C=C.CC. The number of hydrogen-bond acceptors (Lipinski definition) is 0. The van der Waals surface area contributed by atoms with Crippen LogP contribution in [-0.4, -0.2) is 0 Å². The Labute approximate surface area is 73.7 Å². The van der Waals surface area contributed by atoms with Crippen molar-refractivity contribution >= 4 is 0 Å². The first-order chi connectivity index (χ1) is 5.00. The first kappa shape index (κ1) is 17.0. The van der Waals surface area contributed by atoms with Crippen LogP contribution in [0.4, 0.5) is 0 Å². The van der Waals surface area contributed by atoms with Crippen molar-refractivity contribution in [3.05, 3.63) is 13.2 Å². The van der Waals surface area contributed by atoms with Crippen LogP contribution in [0.5, 0.6) is 0 Å². The lowest BCUT2D eigenvalue weighted by molar-refractivity contribution is 0.504. The molecule has 0 spiro atoms. The fourth-order valence-electron chi connectivity index (χ4n) is 1.06. The highest BCUT2D eigenvalue weighted by molar-refractivity contribution is 4.51. The zero-order chi connectivity index (χ0) is 8.24. The van der Waals surface area contributed by atoms with Crippen molar-refractivity contribution in [2.24, 2.45) is 0 Å². The van der Waals surface area contributed by atoms with E-state index in [2.05, 4.69) is 13.2 Å². The van der Waals surface area contributed by atoms with Gasteiger partial charge in [-0.05, 0) is 0 Å². The molecule has 0 bridgehead atoms. The Morgan fingerprint density at radius 3 is 0.818 bits per heavy atom. The molecular weight excluding hydrogens is 132 g/mol. The molecule has 1 aliphatic rings. The Bertz CT molecular complexity index is 23.8. The normalized spacial score (nSPS) is 14.0. The summed E-state index contributed by atoms with van der Waals surface area (Å²) in [6.07, 6.45) is 9.00. The molecule has 70 valence electrons. The molecule has 11 heavy (non-hydrogen) atoms. The smallest absolute Gasteiger partial charge is 0.0533 e. The van der Waals surface area contributed by atoms with Gasteiger partial charge in [-0.3, -0.25) is 0 Å². The lowest BCUT2D eigenvalue weighted by atomic mass is 10.0. The van der Waals surface area contributed by atoms with Crippen LogP contribution in [-0.2, 0) is 0 Å². The Morgan fingerprint density at radius 1 is 0.636 bits per heavy atom. The Hall–Kier alpha value is -0.260. The highest BCUT2D eigenvalue weighted by atomic mass is 14.0. The lowest BCUT2D eigenvalue weighted by Gasteiger charge is -2.05. The minimum Gasteiger partial charge on any atom is -0.106 e. The third kappa shape index (κ3) is 17.7. The molecule has 1 saturated carbocycles. The maximum absolute atomic E-state index is 3.00. The van der Waals surface area contributed by atoms with Crippen molar-refractivity contribution in [3.8, 4) is 0 Å². The predicted molar refractivity (Wildman–Crippen MR) is 57.0 cm³/mol. The second-order valence-electron chi connectivity index (χ2n) is 2.12. The van der Waals surface area contributed by atoms with Crippen LogP contribution < -0.4 is 0 Å². The van der Waals surface area contributed by atoms with E-state index in [9.17, 15) is 0 Å². The summed E-state index contributed by atoms with van der Waals surface area (Å²) < 4.78 is 0. The van der Waals surface area contributed by atoms with E-state index in [0.29, 0.717) is 0 Å². The van der Waals surface area contributed by atoms with Crippen molar-refractivity contribution in [1.82, 2.24) is 0 Å². The van der Waals surface area contributed by atoms with Crippen LogP contribution in [0.25, 0.3) is 0 Å². The summed E-state index contributed by atoms with van der Waals surface area (Å²) >= 11 is 0. The average Bonchev–Trinajstić information content (AvgIpc) is 2.14. The van der Waals surface area contributed by atoms with Crippen LogP contribution >= 0.6 is 0 Å². The molecular formula is C11H26. The van der Waals surface area contributed by atoms with Crippen LogP contribution in [0.3, 0.4) is 0 Å². The van der Waals surface area contributed by atoms with Gasteiger partial charge in [0.15, 0.2) is 0 Å². The van der Waals surface area contributed by atoms with E-state index in [1.54, 1.807) is 0 Å². The molecule has 0 atom stereocenters. The molecule has 1 aliphatic carbocycles. The molecule has 0 nitrogen and oxygen atoms in total. The standard InChI is InChI=1S/C6H12.C2H6.C2H4.CH4/c1-2-4-6-5-3-1;2*1-2;/h1-6H2;1-2H3;1-2H2;1H4. The third-order valence-corrected chi connectivity index (χ3v) is 1.50. The summed E-state index contributed by atoms with van der Waals surface area (Å²) in [5.41, 5.74) is 0. The third-order valence-electron chi connectivity index (χ3n) is 1.50. The van der Waals surface area contributed by atoms with Crippen molar-refractivity contribution in [1.29, 1.82) is 0 Å². The minimum atomic E-state index is 0. The van der Waals surface area contributed by atoms with Crippen molar-refractivity contribution in [2.75, 3.05) is 0 Å². The molecule has 0 amide bonds. The first-order valence-electron chi connectivity index (χ1n) is 4.50. The summed E-state index contributed by atoms with van der Waals surface area (Å²) in [4.78, 5) is 0. The molecule has 0 saturated heterocycles. The molecule has 0 radical (unpaired) electrons. The van der Waals surface area contributed by atoms with Crippen LogP contribution in [0.15, 0.2) is 13.2 Å². The van der Waals surface area contributed by atoms with Crippen molar-refractivity contribution in [3.63, 3.8) is 0 Å². The van der Waals surface area contributed by atoms with E-state index in [4.69, 9.17) is 0 Å². The number of hydrogen-bond donors (Lipinski definition) is 0. The summed E-state index contributed by atoms with van der Waals surface area (Å²) in [5, 5.41) is 0. The molecule has 1 rings (SSSR count). The molecule has 0 unspecified atom stereocenters. The maximum Gasteiger partial charge on any atom is -0.0533 e. The van der Waals surface area contributed by atoms with Gasteiger partial charge in [-0.15, -0.1) is 13.2 Å². The van der Waals surface area contributed by atoms with E-state index in [-0.39, 0.29) is 7.43 Å². The summed E-state index contributed by atoms with van der Waals surface area (Å²) in [6.45, 7) is 10.0. The molecule has 0 aromatic carbocycles. The molecule has 0 aliphatic heterocycles. The molecule has 0 aromatic rings. The van der Waals surface area contributed by atoms with Gasteiger partial charge in [0.1, 0.15) is 0 Å². The summed E-state index contributed by atoms with van der Waals surface area (Å²) in [7, 11) is 0. The zero-order valence-corrected chi connectivity index (χ0v) is 7.66. The van der Waals surface area contributed by atoms with Gasteiger partial charge in [-0.2, -0.15) is 0 Å². The predicted octanol–water partition coefficient (Wildman–Crippen LogP) is 4.81. The van der Waals surface area contributed by atoms with Gasteiger partial charge in [0.25, 0.3) is 0 Å². The van der Waals surface area contributed by atoms with Gasteiger partial charge in [-0.1, -0.05) is 59.8 Å².